The van der Waals surface area contributed by atoms with Gasteiger partial charge in [0.25, 0.3) is 0 Å². The molecule has 0 heterocycles. The lowest BCUT2D eigenvalue weighted by molar-refractivity contribution is -0.119. The monoisotopic (exact) mass is 318 g/mol. The average molecular weight is 320 g/mol. The Hall–Kier alpha value is 0.920. The van der Waals surface area contributed by atoms with Crippen LogP contribution >= 0.6 is 43.5 Å². The first kappa shape index (κ1) is 12.9. The first-order chi connectivity index (χ1) is 5.70. The van der Waals surface area contributed by atoms with Crippen molar-refractivity contribution in [3.8, 4) is 0 Å². The number of halogens is 3. The fourth-order valence-corrected chi connectivity index (χ4v) is 1.45. The SMILES string of the molecule is O=C(CCCBr)CCC(Br)CCl. The maximum atomic E-state index is 11.1. The van der Waals surface area contributed by atoms with E-state index in [1.807, 2.05) is 0 Å². The van der Waals surface area contributed by atoms with Gasteiger partial charge in [0, 0.05) is 28.9 Å². The van der Waals surface area contributed by atoms with E-state index in [1.54, 1.807) is 0 Å². The van der Waals surface area contributed by atoms with Crippen molar-refractivity contribution in [2.45, 2.75) is 30.5 Å². The molecule has 0 aromatic heterocycles. The van der Waals surface area contributed by atoms with Gasteiger partial charge in [0.15, 0.2) is 0 Å². The van der Waals surface area contributed by atoms with E-state index in [0.717, 1.165) is 18.2 Å². The predicted octanol–water partition coefficient (Wildman–Crippen LogP) is 3.51. The zero-order chi connectivity index (χ0) is 9.40. The number of alkyl halides is 3. The van der Waals surface area contributed by atoms with Gasteiger partial charge < -0.3 is 0 Å². The van der Waals surface area contributed by atoms with Crippen molar-refractivity contribution in [2.24, 2.45) is 0 Å². The summed E-state index contributed by atoms with van der Waals surface area (Å²) in [4.78, 5) is 11.4. The van der Waals surface area contributed by atoms with Gasteiger partial charge in [-0.05, 0) is 12.8 Å². The van der Waals surface area contributed by atoms with Crippen molar-refractivity contribution in [3.05, 3.63) is 0 Å². The summed E-state index contributed by atoms with van der Waals surface area (Å²) in [6, 6.07) is 0. The Bertz CT molecular complexity index is 130. The highest BCUT2D eigenvalue weighted by molar-refractivity contribution is 9.09. The molecule has 0 aromatic rings. The molecule has 0 aromatic carbocycles. The topological polar surface area (TPSA) is 17.1 Å². The lowest BCUT2D eigenvalue weighted by Crippen LogP contribution is -2.05. The Kier molecular flexibility index (Phi) is 9.17. The molecular weight excluding hydrogens is 307 g/mol. The molecule has 0 N–H and O–H groups in total. The third-order valence-electron chi connectivity index (χ3n) is 1.49. The van der Waals surface area contributed by atoms with Gasteiger partial charge in [0.1, 0.15) is 5.78 Å². The number of rotatable bonds is 7. The average Bonchev–Trinajstić information content (AvgIpc) is 2.10. The van der Waals surface area contributed by atoms with Gasteiger partial charge in [-0.1, -0.05) is 31.9 Å². The van der Waals surface area contributed by atoms with Gasteiger partial charge in [0.2, 0.25) is 0 Å². The number of Topliss-reactive ketones (excluding diaryl/α,β-unsaturated/α-hetero) is 1. The van der Waals surface area contributed by atoms with Gasteiger partial charge in [-0.25, -0.2) is 0 Å². The minimum absolute atomic E-state index is 0.284. The van der Waals surface area contributed by atoms with Gasteiger partial charge in [-0.3, -0.25) is 4.79 Å². The lowest BCUT2D eigenvalue weighted by atomic mass is 10.1. The normalized spacial score (nSPS) is 12.9. The minimum Gasteiger partial charge on any atom is -0.300 e. The summed E-state index contributed by atoms with van der Waals surface area (Å²) < 4.78 is 0. The molecular formula is C8H13Br2ClO. The fourth-order valence-electron chi connectivity index (χ4n) is 0.784. The summed E-state index contributed by atoms with van der Waals surface area (Å²) in [6.45, 7) is 0. The second-order valence-corrected chi connectivity index (χ2v) is 5.02. The van der Waals surface area contributed by atoms with Crippen molar-refractivity contribution in [2.75, 3.05) is 11.2 Å². The summed E-state index contributed by atoms with van der Waals surface area (Å²) in [5.41, 5.74) is 0. The van der Waals surface area contributed by atoms with E-state index in [9.17, 15) is 4.79 Å². The van der Waals surface area contributed by atoms with E-state index in [1.165, 1.54) is 0 Å². The van der Waals surface area contributed by atoms with Gasteiger partial charge in [-0.2, -0.15) is 0 Å². The molecule has 12 heavy (non-hydrogen) atoms. The highest BCUT2D eigenvalue weighted by Gasteiger charge is 2.06. The Labute approximate surface area is 95.5 Å². The lowest BCUT2D eigenvalue weighted by Gasteiger charge is -2.03. The molecule has 0 saturated carbocycles. The van der Waals surface area contributed by atoms with E-state index in [-0.39, 0.29) is 4.83 Å². The molecule has 0 aliphatic rings. The van der Waals surface area contributed by atoms with Crippen LogP contribution in [0.4, 0.5) is 0 Å². The van der Waals surface area contributed by atoms with Crippen LogP contribution in [0, 0.1) is 0 Å². The summed E-state index contributed by atoms with van der Waals surface area (Å²) in [6.07, 6.45) is 3.13. The zero-order valence-electron chi connectivity index (χ0n) is 6.86. The third kappa shape index (κ3) is 7.56. The molecule has 0 amide bonds. The minimum atomic E-state index is 0.284. The van der Waals surface area contributed by atoms with Crippen LogP contribution in [0.2, 0.25) is 0 Å². The highest BCUT2D eigenvalue weighted by Crippen LogP contribution is 2.11. The molecule has 0 saturated heterocycles. The Morgan fingerprint density at radius 1 is 1.42 bits per heavy atom. The van der Waals surface area contributed by atoms with Gasteiger partial charge in [-0.15, -0.1) is 11.6 Å². The Morgan fingerprint density at radius 2 is 2.08 bits per heavy atom. The van der Waals surface area contributed by atoms with Crippen molar-refractivity contribution in [1.29, 1.82) is 0 Å². The van der Waals surface area contributed by atoms with Gasteiger partial charge >= 0.3 is 0 Å². The maximum Gasteiger partial charge on any atom is 0.132 e. The van der Waals surface area contributed by atoms with Crippen LogP contribution in [0.3, 0.4) is 0 Å². The number of hydrogen-bond donors (Lipinski definition) is 0. The molecule has 72 valence electrons. The van der Waals surface area contributed by atoms with Crippen molar-refractivity contribution in [3.63, 3.8) is 0 Å². The zero-order valence-corrected chi connectivity index (χ0v) is 10.8. The summed E-state index contributed by atoms with van der Waals surface area (Å²) in [5, 5.41) is 0.909. The molecule has 1 unspecified atom stereocenters. The van der Waals surface area contributed by atoms with E-state index in [4.69, 9.17) is 11.6 Å². The molecule has 0 bridgehead atoms. The third-order valence-corrected chi connectivity index (χ3v) is 3.58. The number of carbonyl (C=O) groups is 1. The molecule has 0 aliphatic heterocycles. The smallest absolute Gasteiger partial charge is 0.132 e. The van der Waals surface area contributed by atoms with Crippen LogP contribution < -0.4 is 0 Å². The first-order valence-electron chi connectivity index (χ1n) is 3.98. The first-order valence-corrected chi connectivity index (χ1v) is 6.55. The molecule has 1 atom stereocenters. The number of hydrogen-bond acceptors (Lipinski definition) is 1. The summed E-state index contributed by atoms with van der Waals surface area (Å²) in [5.74, 6) is 0.912. The van der Waals surface area contributed by atoms with Crippen LogP contribution in [0.5, 0.6) is 0 Å². The quantitative estimate of drug-likeness (QED) is 0.656. The predicted molar refractivity (Wildman–Crippen MR) is 60.7 cm³/mol. The molecule has 0 rings (SSSR count). The van der Waals surface area contributed by atoms with Crippen LogP contribution in [-0.2, 0) is 4.79 Å². The summed E-state index contributed by atoms with van der Waals surface area (Å²) in [7, 11) is 0. The summed E-state index contributed by atoms with van der Waals surface area (Å²) >= 11 is 12.2. The van der Waals surface area contributed by atoms with Crippen LogP contribution in [0.15, 0.2) is 0 Å². The van der Waals surface area contributed by atoms with E-state index < -0.39 is 0 Å². The second kappa shape index (κ2) is 8.52. The molecule has 0 spiro atoms. The molecule has 4 heteroatoms. The molecule has 0 radical (unpaired) electrons. The van der Waals surface area contributed by atoms with Crippen molar-refractivity contribution < 1.29 is 4.79 Å². The number of ketones is 1. The maximum absolute atomic E-state index is 11.1. The highest BCUT2D eigenvalue weighted by atomic mass is 79.9. The molecule has 0 aliphatic carbocycles. The Morgan fingerprint density at radius 3 is 2.58 bits per heavy atom. The van der Waals surface area contributed by atoms with Crippen LogP contribution in [0.25, 0.3) is 0 Å². The van der Waals surface area contributed by atoms with E-state index in [2.05, 4.69) is 31.9 Å². The molecule has 0 fully saturated rings. The standard InChI is InChI=1S/C8H13Br2ClO/c9-5-1-2-8(12)4-3-7(10)6-11/h7H,1-6H2. The molecule has 1 nitrogen and oxygen atoms in total. The van der Waals surface area contributed by atoms with E-state index in [0.29, 0.717) is 24.5 Å². The number of carbonyl (C=O) groups excluding carboxylic acids is 1. The van der Waals surface area contributed by atoms with E-state index >= 15 is 0 Å². The van der Waals surface area contributed by atoms with Crippen molar-refractivity contribution >= 4 is 49.2 Å². The van der Waals surface area contributed by atoms with Gasteiger partial charge in [0.05, 0.1) is 0 Å². The largest absolute Gasteiger partial charge is 0.300 e. The second-order valence-electron chi connectivity index (χ2n) is 2.62. The van der Waals surface area contributed by atoms with Crippen LogP contribution in [-0.4, -0.2) is 21.8 Å². The Balaban J connectivity index is 3.31. The van der Waals surface area contributed by atoms with Crippen molar-refractivity contribution in [1.82, 2.24) is 0 Å². The fraction of sp³-hybridized carbons (Fsp3) is 0.875. The van der Waals surface area contributed by atoms with Crippen LogP contribution in [0.1, 0.15) is 25.7 Å².